The van der Waals surface area contributed by atoms with Crippen LogP contribution in [-0.2, 0) is 0 Å². The van der Waals surface area contributed by atoms with Crippen LogP contribution in [0, 0.1) is 0 Å². The average molecular weight is 205 g/mol. The van der Waals surface area contributed by atoms with Crippen LogP contribution in [0.5, 0.6) is 0 Å². The molecule has 3 heteroatoms. The highest BCUT2D eigenvalue weighted by Crippen LogP contribution is 2.36. The molecular weight excluding hydrogens is 190 g/mol. The second-order valence-electron chi connectivity index (χ2n) is 4.13. The lowest BCUT2D eigenvalue weighted by atomic mass is 9.92. The van der Waals surface area contributed by atoms with Gasteiger partial charge < -0.3 is 10.8 Å². The van der Waals surface area contributed by atoms with Crippen molar-refractivity contribution in [3.05, 3.63) is 29.3 Å². The number of aromatic carboxylic acids is 1. The van der Waals surface area contributed by atoms with Gasteiger partial charge in [0.2, 0.25) is 0 Å². The zero-order valence-electron chi connectivity index (χ0n) is 8.57. The minimum absolute atomic E-state index is 0.377. The van der Waals surface area contributed by atoms with E-state index in [-0.39, 0.29) is 0 Å². The molecule has 0 radical (unpaired) electrons. The fourth-order valence-corrected chi connectivity index (χ4v) is 2.35. The summed E-state index contributed by atoms with van der Waals surface area (Å²) in [6, 6.07) is 5.23. The van der Waals surface area contributed by atoms with Crippen molar-refractivity contribution in [2.24, 2.45) is 0 Å². The second-order valence-corrected chi connectivity index (χ2v) is 4.13. The van der Waals surface area contributed by atoms with Crippen molar-refractivity contribution in [2.75, 3.05) is 5.73 Å². The molecule has 0 spiro atoms. The molecule has 3 N–H and O–H groups in total. The zero-order chi connectivity index (χ0) is 10.8. The van der Waals surface area contributed by atoms with Crippen LogP contribution in [-0.4, -0.2) is 11.1 Å². The molecule has 1 saturated carbocycles. The molecule has 0 bridgehead atoms. The fourth-order valence-electron chi connectivity index (χ4n) is 2.35. The Bertz CT molecular complexity index is 381. The quantitative estimate of drug-likeness (QED) is 0.729. The number of benzene rings is 1. The molecular formula is C12H15NO2. The minimum Gasteiger partial charge on any atom is -0.478 e. The van der Waals surface area contributed by atoms with E-state index in [0.717, 1.165) is 18.4 Å². The van der Waals surface area contributed by atoms with Gasteiger partial charge in [-0.15, -0.1) is 0 Å². The molecule has 1 fully saturated rings. The van der Waals surface area contributed by atoms with E-state index in [0.29, 0.717) is 17.2 Å². The number of hydrogen-bond donors (Lipinski definition) is 2. The maximum atomic E-state index is 11.1. The number of rotatable bonds is 2. The van der Waals surface area contributed by atoms with E-state index in [1.54, 1.807) is 12.1 Å². The molecule has 1 aliphatic rings. The van der Waals surface area contributed by atoms with E-state index in [2.05, 4.69) is 0 Å². The maximum Gasteiger partial charge on any atom is 0.336 e. The van der Waals surface area contributed by atoms with Gasteiger partial charge in [0.1, 0.15) is 0 Å². The Labute approximate surface area is 88.9 Å². The standard InChI is InChI=1S/C12H15NO2/c13-9-5-6-10(8-3-1-2-4-8)11(7-9)12(14)15/h5-8H,1-4,13H2,(H,14,15). The normalized spacial score (nSPS) is 16.8. The fraction of sp³-hybridized carbons (Fsp3) is 0.417. The van der Waals surface area contributed by atoms with Crippen LogP contribution in [0.4, 0.5) is 5.69 Å². The van der Waals surface area contributed by atoms with Gasteiger partial charge in [0, 0.05) is 5.69 Å². The van der Waals surface area contributed by atoms with Crippen LogP contribution in [0.3, 0.4) is 0 Å². The predicted octanol–water partition coefficient (Wildman–Crippen LogP) is 2.62. The summed E-state index contributed by atoms with van der Waals surface area (Å²) in [7, 11) is 0. The van der Waals surface area contributed by atoms with Gasteiger partial charge in [0.25, 0.3) is 0 Å². The van der Waals surface area contributed by atoms with Crippen LogP contribution in [0.2, 0.25) is 0 Å². The SMILES string of the molecule is Nc1ccc(C2CCCC2)c(C(=O)O)c1. The topological polar surface area (TPSA) is 63.3 Å². The molecule has 1 aliphatic carbocycles. The monoisotopic (exact) mass is 205 g/mol. The molecule has 0 heterocycles. The second kappa shape index (κ2) is 3.93. The lowest BCUT2D eigenvalue weighted by Crippen LogP contribution is -2.06. The zero-order valence-corrected chi connectivity index (χ0v) is 8.57. The number of carboxylic acid groups (broad SMARTS) is 1. The van der Waals surface area contributed by atoms with Gasteiger partial charge >= 0.3 is 5.97 Å². The number of nitrogen functional groups attached to an aromatic ring is 1. The van der Waals surface area contributed by atoms with E-state index >= 15 is 0 Å². The van der Waals surface area contributed by atoms with E-state index in [9.17, 15) is 4.79 Å². The van der Waals surface area contributed by atoms with E-state index in [1.165, 1.54) is 12.8 Å². The van der Waals surface area contributed by atoms with Crippen molar-refractivity contribution in [1.29, 1.82) is 0 Å². The third kappa shape index (κ3) is 1.96. The number of anilines is 1. The van der Waals surface area contributed by atoms with Gasteiger partial charge in [-0.25, -0.2) is 4.79 Å². The van der Waals surface area contributed by atoms with Crippen LogP contribution in [0.15, 0.2) is 18.2 Å². The molecule has 2 rings (SSSR count). The van der Waals surface area contributed by atoms with Crippen LogP contribution in [0.25, 0.3) is 0 Å². The molecule has 15 heavy (non-hydrogen) atoms. The van der Waals surface area contributed by atoms with Crippen LogP contribution >= 0.6 is 0 Å². The highest BCUT2D eigenvalue weighted by molar-refractivity contribution is 5.90. The number of carbonyl (C=O) groups is 1. The maximum absolute atomic E-state index is 11.1. The molecule has 0 amide bonds. The summed E-state index contributed by atoms with van der Waals surface area (Å²) in [6.45, 7) is 0. The Kier molecular flexibility index (Phi) is 2.62. The van der Waals surface area contributed by atoms with Gasteiger partial charge in [0.15, 0.2) is 0 Å². The number of hydrogen-bond acceptors (Lipinski definition) is 2. The Balaban J connectivity index is 2.40. The summed E-state index contributed by atoms with van der Waals surface area (Å²) in [5.74, 6) is -0.457. The largest absolute Gasteiger partial charge is 0.478 e. The third-order valence-corrected chi connectivity index (χ3v) is 3.10. The van der Waals surface area contributed by atoms with Crippen molar-refractivity contribution in [3.8, 4) is 0 Å². The first kappa shape index (κ1) is 10.0. The van der Waals surface area contributed by atoms with Crippen molar-refractivity contribution in [3.63, 3.8) is 0 Å². The lowest BCUT2D eigenvalue weighted by Gasteiger charge is -2.13. The Hall–Kier alpha value is -1.51. The number of carboxylic acids is 1. The van der Waals surface area contributed by atoms with Crippen molar-refractivity contribution in [1.82, 2.24) is 0 Å². The lowest BCUT2D eigenvalue weighted by molar-refractivity contribution is 0.0695. The van der Waals surface area contributed by atoms with Gasteiger partial charge in [-0.3, -0.25) is 0 Å². The molecule has 0 aromatic heterocycles. The highest BCUT2D eigenvalue weighted by atomic mass is 16.4. The molecule has 1 aromatic rings. The predicted molar refractivity (Wildman–Crippen MR) is 59.0 cm³/mol. The Morgan fingerprint density at radius 1 is 1.33 bits per heavy atom. The van der Waals surface area contributed by atoms with Gasteiger partial charge in [-0.05, 0) is 36.5 Å². The minimum atomic E-state index is -0.871. The van der Waals surface area contributed by atoms with Gasteiger partial charge in [-0.2, -0.15) is 0 Å². The summed E-state index contributed by atoms with van der Waals surface area (Å²) in [4.78, 5) is 11.1. The number of nitrogens with two attached hydrogens (primary N) is 1. The van der Waals surface area contributed by atoms with Gasteiger partial charge in [-0.1, -0.05) is 18.9 Å². The molecule has 0 unspecified atom stereocenters. The summed E-state index contributed by atoms with van der Waals surface area (Å²) < 4.78 is 0. The van der Waals surface area contributed by atoms with E-state index in [1.807, 2.05) is 6.07 Å². The molecule has 0 atom stereocenters. The Morgan fingerprint density at radius 3 is 2.60 bits per heavy atom. The molecule has 80 valence electrons. The highest BCUT2D eigenvalue weighted by Gasteiger charge is 2.22. The summed E-state index contributed by atoms with van der Waals surface area (Å²) in [5, 5.41) is 9.09. The van der Waals surface area contributed by atoms with E-state index < -0.39 is 5.97 Å². The van der Waals surface area contributed by atoms with E-state index in [4.69, 9.17) is 10.8 Å². The summed E-state index contributed by atoms with van der Waals surface area (Å²) in [5.41, 5.74) is 7.45. The average Bonchev–Trinajstić information content (AvgIpc) is 2.70. The third-order valence-electron chi connectivity index (χ3n) is 3.10. The van der Waals surface area contributed by atoms with Crippen LogP contribution in [0.1, 0.15) is 47.5 Å². The van der Waals surface area contributed by atoms with Crippen molar-refractivity contribution >= 4 is 11.7 Å². The molecule has 3 nitrogen and oxygen atoms in total. The first-order valence-electron chi connectivity index (χ1n) is 5.31. The van der Waals surface area contributed by atoms with Gasteiger partial charge in [0.05, 0.1) is 5.56 Å². The molecule has 0 aliphatic heterocycles. The van der Waals surface area contributed by atoms with Crippen LogP contribution < -0.4 is 5.73 Å². The Morgan fingerprint density at radius 2 is 2.00 bits per heavy atom. The molecule has 0 saturated heterocycles. The summed E-state index contributed by atoms with van der Waals surface area (Å²) in [6.07, 6.45) is 4.61. The first-order chi connectivity index (χ1) is 7.18. The van der Waals surface area contributed by atoms with Crippen molar-refractivity contribution in [2.45, 2.75) is 31.6 Å². The van der Waals surface area contributed by atoms with Crippen molar-refractivity contribution < 1.29 is 9.90 Å². The first-order valence-corrected chi connectivity index (χ1v) is 5.31. The summed E-state index contributed by atoms with van der Waals surface area (Å²) >= 11 is 0. The molecule has 1 aromatic carbocycles. The smallest absolute Gasteiger partial charge is 0.336 e.